The standard InChI is InChI=1S/C13H16ClN3O3S/c1-8(2)17-12(15-16-13(17)21(14,18)19)10-6-5-9(3)11(7-10)20-4/h5-8H,1-4H3. The van der Waals surface area contributed by atoms with E-state index in [0.29, 0.717) is 17.1 Å². The van der Waals surface area contributed by atoms with Gasteiger partial charge in [-0.1, -0.05) is 12.1 Å². The molecule has 0 unspecified atom stereocenters. The van der Waals surface area contributed by atoms with E-state index in [2.05, 4.69) is 10.2 Å². The van der Waals surface area contributed by atoms with Crippen LogP contribution in [0.25, 0.3) is 11.4 Å². The summed E-state index contributed by atoms with van der Waals surface area (Å²) in [5.74, 6) is 1.13. The lowest BCUT2D eigenvalue weighted by molar-refractivity contribution is 0.412. The quantitative estimate of drug-likeness (QED) is 0.806. The summed E-state index contributed by atoms with van der Waals surface area (Å²) in [6, 6.07) is 5.35. The van der Waals surface area contributed by atoms with Crippen molar-refractivity contribution < 1.29 is 13.2 Å². The van der Waals surface area contributed by atoms with E-state index in [1.807, 2.05) is 32.9 Å². The lowest BCUT2D eigenvalue weighted by Crippen LogP contribution is -2.10. The Labute approximate surface area is 128 Å². The van der Waals surface area contributed by atoms with Crippen molar-refractivity contribution in [1.29, 1.82) is 0 Å². The minimum absolute atomic E-state index is 0.161. The number of ether oxygens (including phenoxy) is 1. The van der Waals surface area contributed by atoms with Gasteiger partial charge >= 0.3 is 0 Å². The zero-order valence-corrected chi connectivity index (χ0v) is 13.7. The summed E-state index contributed by atoms with van der Waals surface area (Å²) < 4.78 is 30.0. The molecular weight excluding hydrogens is 314 g/mol. The minimum Gasteiger partial charge on any atom is -0.496 e. The van der Waals surface area contributed by atoms with Crippen LogP contribution in [0.5, 0.6) is 5.75 Å². The molecule has 1 aromatic heterocycles. The largest absolute Gasteiger partial charge is 0.496 e. The predicted molar refractivity (Wildman–Crippen MR) is 80.2 cm³/mol. The van der Waals surface area contributed by atoms with E-state index in [0.717, 1.165) is 5.56 Å². The molecule has 1 heterocycles. The van der Waals surface area contributed by atoms with Crippen molar-refractivity contribution in [3.8, 4) is 17.1 Å². The summed E-state index contributed by atoms with van der Waals surface area (Å²) in [6.45, 7) is 5.60. The molecule has 114 valence electrons. The van der Waals surface area contributed by atoms with Gasteiger partial charge in [0.05, 0.1) is 7.11 Å². The number of aromatic nitrogens is 3. The minimum atomic E-state index is -3.96. The number of hydrogen-bond acceptors (Lipinski definition) is 5. The third kappa shape index (κ3) is 3.03. The van der Waals surface area contributed by atoms with Gasteiger partial charge in [-0.3, -0.25) is 4.57 Å². The Balaban J connectivity index is 2.68. The summed E-state index contributed by atoms with van der Waals surface area (Å²) in [5, 5.41) is 7.43. The highest BCUT2D eigenvalue weighted by atomic mass is 35.7. The van der Waals surface area contributed by atoms with Gasteiger partial charge in [-0.15, -0.1) is 10.2 Å². The number of benzene rings is 1. The number of rotatable bonds is 4. The van der Waals surface area contributed by atoms with E-state index >= 15 is 0 Å². The first-order chi connectivity index (χ1) is 9.75. The number of halogens is 1. The molecule has 2 rings (SSSR count). The Morgan fingerprint density at radius 2 is 1.95 bits per heavy atom. The molecule has 0 aliphatic rings. The first kappa shape index (κ1) is 15.8. The van der Waals surface area contributed by atoms with Crippen molar-refractivity contribution in [2.45, 2.75) is 32.0 Å². The maximum Gasteiger partial charge on any atom is 0.296 e. The third-order valence-corrected chi connectivity index (χ3v) is 4.19. The lowest BCUT2D eigenvalue weighted by atomic mass is 10.1. The first-order valence-corrected chi connectivity index (χ1v) is 8.61. The smallest absolute Gasteiger partial charge is 0.296 e. The molecule has 2 aromatic rings. The van der Waals surface area contributed by atoms with Crippen LogP contribution in [-0.2, 0) is 9.05 Å². The molecule has 0 saturated carbocycles. The number of nitrogens with zero attached hydrogens (tertiary/aromatic N) is 3. The van der Waals surface area contributed by atoms with Crippen LogP contribution in [0.2, 0.25) is 0 Å². The maximum absolute atomic E-state index is 11.6. The molecule has 0 radical (unpaired) electrons. The molecular formula is C13H16ClN3O3S. The lowest BCUT2D eigenvalue weighted by Gasteiger charge is -2.13. The Kier molecular flexibility index (Phi) is 4.25. The van der Waals surface area contributed by atoms with Crippen molar-refractivity contribution in [3.05, 3.63) is 23.8 Å². The molecule has 0 aliphatic heterocycles. The van der Waals surface area contributed by atoms with Gasteiger partial charge in [-0.2, -0.15) is 0 Å². The van der Waals surface area contributed by atoms with Crippen molar-refractivity contribution in [2.24, 2.45) is 0 Å². The molecule has 0 N–H and O–H groups in total. The molecule has 0 atom stereocenters. The fourth-order valence-corrected chi connectivity index (χ4v) is 3.05. The fraction of sp³-hybridized carbons (Fsp3) is 0.385. The molecule has 0 saturated heterocycles. The summed E-state index contributed by atoms with van der Waals surface area (Å²) in [5.41, 5.74) is 1.69. The van der Waals surface area contributed by atoms with Crippen LogP contribution < -0.4 is 4.74 Å². The van der Waals surface area contributed by atoms with Gasteiger partial charge in [0.1, 0.15) is 5.75 Å². The van der Waals surface area contributed by atoms with Crippen molar-refractivity contribution in [3.63, 3.8) is 0 Å². The van der Waals surface area contributed by atoms with E-state index in [9.17, 15) is 8.42 Å². The zero-order valence-electron chi connectivity index (χ0n) is 12.2. The van der Waals surface area contributed by atoms with E-state index in [-0.39, 0.29) is 11.2 Å². The highest BCUT2D eigenvalue weighted by Crippen LogP contribution is 2.29. The molecule has 6 nitrogen and oxygen atoms in total. The normalized spacial score (nSPS) is 11.9. The Morgan fingerprint density at radius 3 is 2.48 bits per heavy atom. The van der Waals surface area contributed by atoms with Crippen LogP contribution >= 0.6 is 10.7 Å². The van der Waals surface area contributed by atoms with E-state index < -0.39 is 9.05 Å². The van der Waals surface area contributed by atoms with Gasteiger partial charge in [0.2, 0.25) is 0 Å². The third-order valence-electron chi connectivity index (χ3n) is 3.07. The van der Waals surface area contributed by atoms with Crippen molar-refractivity contribution in [1.82, 2.24) is 14.8 Å². The van der Waals surface area contributed by atoms with Crippen LogP contribution in [0, 0.1) is 6.92 Å². The summed E-state index contributed by atoms with van der Waals surface area (Å²) >= 11 is 0. The van der Waals surface area contributed by atoms with E-state index in [1.165, 1.54) is 4.57 Å². The highest BCUT2D eigenvalue weighted by molar-refractivity contribution is 8.13. The predicted octanol–water partition coefficient (Wildman–Crippen LogP) is 2.77. The van der Waals surface area contributed by atoms with E-state index in [1.54, 1.807) is 13.2 Å². The maximum atomic E-state index is 11.6. The SMILES string of the molecule is COc1cc(-c2nnc(S(=O)(=O)Cl)n2C(C)C)ccc1C. The number of aryl methyl sites for hydroxylation is 1. The van der Waals surface area contributed by atoms with Gasteiger partial charge in [-0.05, 0) is 32.4 Å². The molecule has 0 aliphatic carbocycles. The van der Waals surface area contributed by atoms with Crippen LogP contribution in [0.4, 0.5) is 0 Å². The van der Waals surface area contributed by atoms with Gasteiger partial charge < -0.3 is 4.74 Å². The van der Waals surface area contributed by atoms with Gasteiger partial charge in [0.15, 0.2) is 5.82 Å². The first-order valence-electron chi connectivity index (χ1n) is 6.30. The Hall–Kier alpha value is -1.60. The van der Waals surface area contributed by atoms with E-state index in [4.69, 9.17) is 15.4 Å². The second-order valence-corrected chi connectivity index (χ2v) is 7.35. The topological polar surface area (TPSA) is 74.1 Å². The second-order valence-electron chi connectivity index (χ2n) is 4.89. The highest BCUT2D eigenvalue weighted by Gasteiger charge is 2.25. The molecule has 0 bridgehead atoms. The van der Waals surface area contributed by atoms with Crippen LogP contribution in [0.1, 0.15) is 25.5 Å². The summed E-state index contributed by atoms with van der Waals surface area (Å²) in [6.07, 6.45) is 0. The molecule has 0 amide bonds. The van der Waals surface area contributed by atoms with Crippen LogP contribution in [-0.4, -0.2) is 30.3 Å². The van der Waals surface area contributed by atoms with Crippen LogP contribution in [0.3, 0.4) is 0 Å². The molecule has 0 fully saturated rings. The summed E-state index contributed by atoms with van der Waals surface area (Å²) in [7, 11) is 3.03. The Bertz CT molecular complexity index is 769. The monoisotopic (exact) mass is 329 g/mol. The second kappa shape index (κ2) is 5.65. The molecule has 1 aromatic carbocycles. The van der Waals surface area contributed by atoms with Gasteiger partial charge in [0, 0.05) is 22.3 Å². The summed E-state index contributed by atoms with van der Waals surface area (Å²) in [4.78, 5) is 0. The van der Waals surface area contributed by atoms with Crippen molar-refractivity contribution >= 4 is 19.7 Å². The zero-order chi connectivity index (χ0) is 15.8. The molecule has 0 spiro atoms. The van der Waals surface area contributed by atoms with Gasteiger partial charge in [0.25, 0.3) is 14.2 Å². The van der Waals surface area contributed by atoms with Crippen LogP contribution in [0.15, 0.2) is 23.4 Å². The average Bonchev–Trinajstić information content (AvgIpc) is 2.84. The molecule has 21 heavy (non-hydrogen) atoms. The van der Waals surface area contributed by atoms with Crippen molar-refractivity contribution in [2.75, 3.05) is 7.11 Å². The molecule has 8 heteroatoms. The Morgan fingerprint density at radius 1 is 1.29 bits per heavy atom. The number of methoxy groups -OCH3 is 1. The van der Waals surface area contributed by atoms with Gasteiger partial charge in [-0.25, -0.2) is 8.42 Å². The fourth-order valence-electron chi connectivity index (χ4n) is 2.06. The average molecular weight is 330 g/mol. The number of hydrogen-bond donors (Lipinski definition) is 0.